The van der Waals surface area contributed by atoms with Crippen molar-refractivity contribution < 1.29 is 4.11 Å². The van der Waals surface area contributed by atoms with Crippen LogP contribution in [0.4, 0.5) is 34.1 Å². The largest absolute Gasteiger partial charge is 0.311 e. The van der Waals surface area contributed by atoms with Crippen LogP contribution in [-0.4, -0.2) is 6.71 Å². The summed E-state index contributed by atoms with van der Waals surface area (Å²) >= 11 is 0. The number of fused-ring (bicyclic) bond motifs is 6. The molecule has 0 N–H and O–H groups in total. The summed E-state index contributed by atoms with van der Waals surface area (Å²) in [5.74, 6) is 0. The van der Waals surface area contributed by atoms with E-state index in [0.717, 1.165) is 76.4 Å². The third-order valence-corrected chi connectivity index (χ3v) is 17.5. The quantitative estimate of drug-likeness (QED) is 0.159. The van der Waals surface area contributed by atoms with Gasteiger partial charge in [0.15, 0.2) is 0 Å². The molecular weight excluding hydrogens is 832 g/mol. The van der Waals surface area contributed by atoms with E-state index in [1.54, 1.807) is 0 Å². The molecule has 0 bridgehead atoms. The Kier molecular flexibility index (Phi) is 9.37. The topological polar surface area (TPSA) is 6.48 Å². The number of hydrogen-bond acceptors (Lipinski definition) is 2. The number of nitrogens with zero attached hydrogens (tertiary/aromatic N) is 2. The molecule has 0 fully saturated rings. The minimum absolute atomic E-state index is 0.0299. The summed E-state index contributed by atoms with van der Waals surface area (Å²) in [7, 11) is 0. The molecule has 11 rings (SSSR count). The Balaban J connectivity index is 1.30. The summed E-state index contributed by atoms with van der Waals surface area (Å²) < 4.78 is 27.8. The van der Waals surface area contributed by atoms with E-state index >= 15 is 0 Å². The van der Waals surface area contributed by atoms with Crippen LogP contribution in [0.15, 0.2) is 140 Å². The highest BCUT2D eigenvalue weighted by molar-refractivity contribution is 7.00. The van der Waals surface area contributed by atoms with E-state index in [1.165, 1.54) is 49.9 Å². The average molecular weight is 908 g/mol. The second kappa shape index (κ2) is 15.4. The molecule has 7 aromatic rings. The van der Waals surface area contributed by atoms with Gasteiger partial charge in [-0.1, -0.05) is 181 Å². The molecule has 4 aliphatic rings. The maximum Gasteiger partial charge on any atom is 0.252 e. The second-order valence-electron chi connectivity index (χ2n) is 25.4. The van der Waals surface area contributed by atoms with Crippen molar-refractivity contribution in [3.8, 4) is 11.1 Å². The minimum Gasteiger partial charge on any atom is -0.311 e. The zero-order chi connectivity index (χ0) is 51.3. The molecule has 3 heteroatoms. The minimum atomic E-state index is -2.39. The number of benzene rings is 7. The first kappa shape index (κ1) is 42.1. The van der Waals surface area contributed by atoms with Gasteiger partial charge in [0.05, 0.1) is 5.69 Å². The van der Waals surface area contributed by atoms with E-state index in [1.807, 2.05) is 12.1 Å². The summed E-state index contributed by atoms with van der Waals surface area (Å²) in [6.45, 7) is 28.2. The van der Waals surface area contributed by atoms with E-state index in [0.29, 0.717) is 5.56 Å². The molecule has 2 heterocycles. The van der Waals surface area contributed by atoms with Crippen LogP contribution in [-0.2, 0) is 32.5 Å². The van der Waals surface area contributed by atoms with Crippen molar-refractivity contribution >= 4 is 57.2 Å². The Labute approximate surface area is 419 Å². The van der Waals surface area contributed by atoms with Crippen LogP contribution in [0.2, 0.25) is 0 Å². The Morgan fingerprint density at radius 1 is 0.449 bits per heavy atom. The molecule has 350 valence electrons. The van der Waals surface area contributed by atoms with Crippen LogP contribution in [0.25, 0.3) is 11.1 Å². The summed E-state index contributed by atoms with van der Waals surface area (Å²) in [5.41, 5.74) is 21.2. The lowest BCUT2D eigenvalue weighted by Crippen LogP contribution is -2.62. The van der Waals surface area contributed by atoms with Crippen LogP contribution in [0, 0.1) is 6.85 Å². The maximum absolute atomic E-state index is 9.28. The molecule has 0 saturated carbocycles. The monoisotopic (exact) mass is 908 g/mol. The Morgan fingerprint density at radius 2 is 1.00 bits per heavy atom. The lowest BCUT2D eigenvalue weighted by molar-refractivity contribution is 0.332. The van der Waals surface area contributed by atoms with Gasteiger partial charge in [-0.3, -0.25) is 0 Å². The maximum atomic E-state index is 9.28. The van der Waals surface area contributed by atoms with Crippen molar-refractivity contribution in [1.29, 1.82) is 0 Å². The fourth-order valence-electron chi connectivity index (χ4n) is 12.8. The van der Waals surface area contributed by atoms with Crippen molar-refractivity contribution in [2.75, 3.05) is 9.80 Å². The van der Waals surface area contributed by atoms with E-state index in [4.69, 9.17) is 0 Å². The average Bonchev–Trinajstić information content (AvgIpc) is 3.33. The van der Waals surface area contributed by atoms with Gasteiger partial charge in [-0.2, -0.15) is 0 Å². The van der Waals surface area contributed by atoms with Gasteiger partial charge in [0, 0.05) is 43.5 Å². The third kappa shape index (κ3) is 7.18. The molecule has 0 unspecified atom stereocenters. The molecule has 2 aliphatic heterocycles. The number of rotatable bonds is 5. The van der Waals surface area contributed by atoms with Gasteiger partial charge in [0.25, 0.3) is 6.71 Å². The molecular formula is C66H73BN2. The van der Waals surface area contributed by atoms with Gasteiger partial charge in [-0.25, -0.2) is 0 Å². The number of anilines is 6. The standard InChI is InChI=1S/C66H73BN2/c1-42-35-58-60-59(36-42)69(55-30-26-45(61(2,3)4)37-48(55)43-21-17-15-18-22-43)56-38-46(66(13,14)44-23-19-16-20-24-44)25-29-53(56)67(60)54-40-51-52(65(11,12)34-33-64(51,9)10)41-57(54)68(58)47-27-28-49-50(39-47)63(7,8)32-31-62(49,5)6/h15-30,35-41H,31-34H2,1-14H3/i1D3. The van der Waals surface area contributed by atoms with Crippen LogP contribution in [0.1, 0.15) is 164 Å². The van der Waals surface area contributed by atoms with E-state index in [9.17, 15) is 4.11 Å². The SMILES string of the molecule is [2H]C([2H])([2H])c1cc2c3c(c1)N(c1ccc(C(C)(C)C)cc1-c1ccccc1)c1cc(C(C)(C)c4ccccc4)ccc1B3c1cc3c(cc1N2c1ccc2c(c1)C(C)(C)CCC2(C)C)C(C)(C)CCC3(C)C. The van der Waals surface area contributed by atoms with Crippen LogP contribution < -0.4 is 26.2 Å². The zero-order valence-electron chi connectivity index (χ0n) is 46.6. The van der Waals surface area contributed by atoms with Crippen LogP contribution in [0.3, 0.4) is 0 Å². The van der Waals surface area contributed by atoms with Crippen molar-refractivity contribution in [1.82, 2.24) is 0 Å². The van der Waals surface area contributed by atoms with Gasteiger partial charge in [-0.15, -0.1) is 0 Å². The lowest BCUT2D eigenvalue weighted by Gasteiger charge is -2.48. The van der Waals surface area contributed by atoms with Crippen molar-refractivity contribution in [2.45, 2.75) is 155 Å². The highest BCUT2D eigenvalue weighted by Crippen LogP contribution is 2.54. The van der Waals surface area contributed by atoms with Gasteiger partial charge in [0.2, 0.25) is 0 Å². The smallest absolute Gasteiger partial charge is 0.252 e. The first-order valence-electron chi connectivity index (χ1n) is 27.2. The van der Waals surface area contributed by atoms with Gasteiger partial charge in [-0.05, 0) is 175 Å². The summed E-state index contributed by atoms with van der Waals surface area (Å²) in [4.78, 5) is 4.93. The van der Waals surface area contributed by atoms with Gasteiger partial charge < -0.3 is 9.80 Å². The molecule has 0 saturated heterocycles. The number of hydrogen-bond donors (Lipinski definition) is 0. The van der Waals surface area contributed by atoms with E-state index in [2.05, 4.69) is 227 Å². The number of aryl methyl sites for hydroxylation is 1. The Bertz CT molecular complexity index is 3310. The summed E-state index contributed by atoms with van der Waals surface area (Å²) in [5, 5.41) is 0. The first-order valence-corrected chi connectivity index (χ1v) is 25.7. The highest BCUT2D eigenvalue weighted by Gasteiger charge is 2.48. The first-order chi connectivity index (χ1) is 33.7. The molecule has 0 radical (unpaired) electrons. The summed E-state index contributed by atoms with van der Waals surface area (Å²) in [6, 6.07) is 52.2. The highest BCUT2D eigenvalue weighted by atomic mass is 15.2. The van der Waals surface area contributed by atoms with Crippen LogP contribution >= 0.6 is 0 Å². The van der Waals surface area contributed by atoms with E-state index < -0.39 is 6.85 Å². The van der Waals surface area contributed by atoms with Crippen molar-refractivity contribution in [2.24, 2.45) is 0 Å². The molecule has 2 aliphatic carbocycles. The molecule has 0 atom stereocenters. The predicted octanol–water partition coefficient (Wildman–Crippen LogP) is 16.1. The molecule has 2 nitrogen and oxygen atoms in total. The van der Waals surface area contributed by atoms with E-state index in [-0.39, 0.29) is 39.2 Å². The zero-order valence-corrected chi connectivity index (χ0v) is 43.6. The Morgan fingerprint density at radius 3 is 1.62 bits per heavy atom. The third-order valence-electron chi connectivity index (χ3n) is 17.5. The molecule has 0 aromatic heterocycles. The van der Waals surface area contributed by atoms with Crippen LogP contribution in [0.5, 0.6) is 0 Å². The normalized spacial score (nSPS) is 19.0. The van der Waals surface area contributed by atoms with Gasteiger partial charge in [0.1, 0.15) is 0 Å². The fourth-order valence-corrected chi connectivity index (χ4v) is 12.8. The lowest BCUT2D eigenvalue weighted by atomic mass is 9.33. The van der Waals surface area contributed by atoms with Crippen molar-refractivity contribution in [3.05, 3.63) is 184 Å². The van der Waals surface area contributed by atoms with Gasteiger partial charge >= 0.3 is 0 Å². The molecule has 0 amide bonds. The van der Waals surface area contributed by atoms with Crippen molar-refractivity contribution in [3.63, 3.8) is 0 Å². The second-order valence-corrected chi connectivity index (χ2v) is 25.4. The molecule has 0 spiro atoms. The predicted molar refractivity (Wildman–Crippen MR) is 298 cm³/mol. The fraction of sp³-hybridized carbons (Fsp3) is 0.364. The Hall–Kier alpha value is -5.80. The molecule has 69 heavy (non-hydrogen) atoms. The summed E-state index contributed by atoms with van der Waals surface area (Å²) in [6.07, 6.45) is 4.43. The molecule has 7 aromatic carbocycles.